The van der Waals surface area contributed by atoms with Gasteiger partial charge in [-0.15, -0.1) is 0 Å². The van der Waals surface area contributed by atoms with Crippen LogP contribution in [0.2, 0.25) is 5.02 Å². The molecular formula is C14H17ClN2O3. The number of benzene rings is 1. The van der Waals surface area contributed by atoms with E-state index < -0.39 is 17.3 Å². The normalized spacial score (nSPS) is 16.9. The molecule has 0 saturated heterocycles. The zero-order valence-electron chi connectivity index (χ0n) is 11.0. The fourth-order valence-electron chi connectivity index (χ4n) is 2.61. The van der Waals surface area contributed by atoms with Gasteiger partial charge in [0.2, 0.25) is 5.91 Å². The zero-order chi connectivity index (χ0) is 14.8. The van der Waals surface area contributed by atoms with E-state index in [0.29, 0.717) is 25.1 Å². The van der Waals surface area contributed by atoms with Crippen molar-refractivity contribution < 1.29 is 14.7 Å². The fraction of sp³-hybridized carbons (Fsp3) is 0.429. The van der Waals surface area contributed by atoms with Crippen LogP contribution in [0, 0.1) is 5.41 Å². The van der Waals surface area contributed by atoms with E-state index in [1.54, 1.807) is 12.1 Å². The van der Waals surface area contributed by atoms with Crippen molar-refractivity contribution in [3.63, 3.8) is 0 Å². The van der Waals surface area contributed by atoms with Gasteiger partial charge in [-0.2, -0.15) is 0 Å². The number of nitrogens with one attached hydrogen (secondary N) is 1. The summed E-state index contributed by atoms with van der Waals surface area (Å²) < 4.78 is 0. The molecule has 2 rings (SSSR count). The number of amides is 1. The molecule has 1 aliphatic carbocycles. The Kier molecular flexibility index (Phi) is 4.18. The molecule has 6 heteroatoms. The third-order valence-electron chi connectivity index (χ3n) is 3.88. The lowest BCUT2D eigenvalue weighted by Crippen LogP contribution is -2.35. The highest BCUT2D eigenvalue weighted by Gasteiger charge is 2.41. The second-order valence-corrected chi connectivity index (χ2v) is 5.61. The monoisotopic (exact) mass is 296 g/mol. The number of carbonyl (C=O) groups is 2. The van der Waals surface area contributed by atoms with E-state index in [0.717, 1.165) is 12.8 Å². The number of nitrogens with two attached hydrogens (primary N) is 1. The van der Waals surface area contributed by atoms with Crippen molar-refractivity contribution >= 4 is 29.2 Å². The summed E-state index contributed by atoms with van der Waals surface area (Å²) in [7, 11) is 0. The standard InChI is InChI=1S/C14H17ClN2O3/c15-11-7-9(3-4-10(11)12(16)18)17-8-14(13(19)20)5-1-2-6-14/h3-4,7,17H,1-2,5-6,8H2,(H2,16,18)(H,19,20). The maximum atomic E-state index is 11.4. The predicted molar refractivity (Wildman–Crippen MR) is 77.0 cm³/mol. The number of anilines is 1. The van der Waals surface area contributed by atoms with Crippen molar-refractivity contribution in [2.45, 2.75) is 25.7 Å². The van der Waals surface area contributed by atoms with Crippen LogP contribution in [-0.2, 0) is 4.79 Å². The summed E-state index contributed by atoms with van der Waals surface area (Å²) in [5.41, 5.74) is 5.42. The zero-order valence-corrected chi connectivity index (χ0v) is 11.7. The smallest absolute Gasteiger partial charge is 0.311 e. The molecule has 1 saturated carbocycles. The van der Waals surface area contributed by atoms with Crippen molar-refractivity contribution in [1.82, 2.24) is 0 Å². The van der Waals surface area contributed by atoms with Crippen molar-refractivity contribution in [1.29, 1.82) is 0 Å². The average molecular weight is 297 g/mol. The first-order valence-corrected chi connectivity index (χ1v) is 6.89. The Bertz CT molecular complexity index is 539. The lowest BCUT2D eigenvalue weighted by molar-refractivity contribution is -0.147. The Hall–Kier alpha value is -1.75. The Morgan fingerprint density at radius 1 is 1.35 bits per heavy atom. The average Bonchev–Trinajstić information content (AvgIpc) is 2.86. The molecule has 1 aromatic rings. The van der Waals surface area contributed by atoms with Crippen LogP contribution in [0.3, 0.4) is 0 Å². The second kappa shape index (κ2) is 5.71. The van der Waals surface area contributed by atoms with Gasteiger partial charge in [-0.25, -0.2) is 0 Å². The number of aliphatic carboxylic acids is 1. The lowest BCUT2D eigenvalue weighted by Gasteiger charge is -2.24. The molecule has 0 aromatic heterocycles. The Labute approximate surface area is 122 Å². The van der Waals surface area contributed by atoms with Gasteiger partial charge in [0.25, 0.3) is 0 Å². The molecule has 0 atom stereocenters. The summed E-state index contributed by atoms with van der Waals surface area (Å²) in [6.45, 7) is 0.356. The highest BCUT2D eigenvalue weighted by molar-refractivity contribution is 6.34. The molecule has 0 unspecified atom stereocenters. The summed E-state index contributed by atoms with van der Waals surface area (Å²) in [6.07, 6.45) is 3.25. The van der Waals surface area contributed by atoms with Gasteiger partial charge in [-0.3, -0.25) is 9.59 Å². The molecular weight excluding hydrogens is 280 g/mol. The Morgan fingerprint density at radius 3 is 2.50 bits per heavy atom. The van der Waals surface area contributed by atoms with Gasteiger partial charge in [-0.05, 0) is 31.0 Å². The van der Waals surface area contributed by atoms with Gasteiger partial charge in [-0.1, -0.05) is 24.4 Å². The van der Waals surface area contributed by atoms with E-state index >= 15 is 0 Å². The summed E-state index contributed by atoms with van der Waals surface area (Å²) in [5, 5.41) is 12.7. The molecule has 0 aliphatic heterocycles. The van der Waals surface area contributed by atoms with Crippen molar-refractivity contribution in [2.75, 3.05) is 11.9 Å². The Morgan fingerprint density at radius 2 is 2.00 bits per heavy atom. The van der Waals surface area contributed by atoms with E-state index in [1.807, 2.05) is 0 Å². The molecule has 20 heavy (non-hydrogen) atoms. The van der Waals surface area contributed by atoms with Crippen LogP contribution >= 0.6 is 11.6 Å². The highest BCUT2D eigenvalue weighted by atomic mass is 35.5. The molecule has 1 aromatic carbocycles. The minimum absolute atomic E-state index is 0.256. The van der Waals surface area contributed by atoms with E-state index in [-0.39, 0.29) is 10.6 Å². The number of rotatable bonds is 5. The van der Waals surface area contributed by atoms with Gasteiger partial charge in [0, 0.05) is 12.2 Å². The fourth-order valence-corrected chi connectivity index (χ4v) is 2.89. The largest absolute Gasteiger partial charge is 0.481 e. The van der Waals surface area contributed by atoms with Gasteiger partial charge in [0.15, 0.2) is 0 Å². The van der Waals surface area contributed by atoms with Crippen LogP contribution in [0.15, 0.2) is 18.2 Å². The molecule has 1 amide bonds. The molecule has 108 valence electrons. The van der Waals surface area contributed by atoms with E-state index in [1.165, 1.54) is 6.07 Å². The van der Waals surface area contributed by atoms with E-state index in [9.17, 15) is 14.7 Å². The molecule has 0 bridgehead atoms. The number of hydrogen-bond donors (Lipinski definition) is 3. The van der Waals surface area contributed by atoms with Gasteiger partial charge in [0.05, 0.1) is 16.0 Å². The SMILES string of the molecule is NC(=O)c1ccc(NCC2(C(=O)O)CCCC2)cc1Cl. The summed E-state index contributed by atoms with van der Waals surface area (Å²) >= 11 is 5.96. The predicted octanol–water partition coefficient (Wildman–Crippen LogP) is 2.50. The number of hydrogen-bond acceptors (Lipinski definition) is 3. The first-order valence-electron chi connectivity index (χ1n) is 6.51. The Balaban J connectivity index is 2.09. The maximum Gasteiger partial charge on any atom is 0.311 e. The molecule has 4 N–H and O–H groups in total. The molecule has 0 heterocycles. The minimum Gasteiger partial charge on any atom is -0.481 e. The quantitative estimate of drug-likeness (QED) is 0.778. The number of carbonyl (C=O) groups excluding carboxylic acids is 1. The number of halogens is 1. The number of carboxylic acid groups (broad SMARTS) is 1. The van der Waals surface area contributed by atoms with Crippen LogP contribution < -0.4 is 11.1 Å². The van der Waals surface area contributed by atoms with Crippen LogP contribution in [0.1, 0.15) is 36.0 Å². The summed E-state index contributed by atoms with van der Waals surface area (Å²) in [6, 6.07) is 4.80. The molecule has 0 spiro atoms. The highest BCUT2D eigenvalue weighted by Crippen LogP contribution is 2.38. The van der Waals surface area contributed by atoms with Crippen molar-refractivity contribution in [2.24, 2.45) is 11.1 Å². The molecule has 1 fully saturated rings. The second-order valence-electron chi connectivity index (χ2n) is 5.21. The van der Waals surface area contributed by atoms with Gasteiger partial charge in [0.1, 0.15) is 0 Å². The van der Waals surface area contributed by atoms with Crippen molar-refractivity contribution in [3.05, 3.63) is 28.8 Å². The number of primary amides is 1. The third-order valence-corrected chi connectivity index (χ3v) is 4.19. The first-order chi connectivity index (χ1) is 9.44. The number of carboxylic acids is 1. The van der Waals surface area contributed by atoms with Gasteiger partial charge < -0.3 is 16.2 Å². The molecule has 0 radical (unpaired) electrons. The van der Waals surface area contributed by atoms with Crippen LogP contribution in [0.25, 0.3) is 0 Å². The van der Waals surface area contributed by atoms with Crippen LogP contribution in [0.5, 0.6) is 0 Å². The topological polar surface area (TPSA) is 92.4 Å². The van der Waals surface area contributed by atoms with Crippen molar-refractivity contribution in [3.8, 4) is 0 Å². The van der Waals surface area contributed by atoms with Gasteiger partial charge >= 0.3 is 5.97 Å². The molecule has 1 aliphatic rings. The van der Waals surface area contributed by atoms with E-state index in [4.69, 9.17) is 17.3 Å². The van der Waals surface area contributed by atoms with Crippen LogP contribution in [-0.4, -0.2) is 23.5 Å². The third kappa shape index (κ3) is 2.88. The lowest BCUT2D eigenvalue weighted by atomic mass is 9.86. The molecule has 5 nitrogen and oxygen atoms in total. The van der Waals surface area contributed by atoms with E-state index in [2.05, 4.69) is 5.32 Å². The summed E-state index contributed by atoms with van der Waals surface area (Å²) in [5.74, 6) is -1.35. The minimum atomic E-state index is -0.762. The maximum absolute atomic E-state index is 11.4. The summed E-state index contributed by atoms with van der Waals surface area (Å²) in [4.78, 5) is 22.5. The first kappa shape index (κ1) is 14.7. The van der Waals surface area contributed by atoms with Crippen LogP contribution in [0.4, 0.5) is 5.69 Å².